The van der Waals surface area contributed by atoms with Crippen LogP contribution in [0.15, 0.2) is 36.9 Å². The second kappa shape index (κ2) is 6.09. The summed E-state index contributed by atoms with van der Waals surface area (Å²) < 4.78 is 5.93. The number of aromatic nitrogens is 2. The van der Waals surface area contributed by atoms with Crippen molar-refractivity contribution >= 4 is 13.3 Å². The number of aliphatic hydroxyl groups is 1. The minimum absolute atomic E-state index is 0.147. The van der Waals surface area contributed by atoms with Crippen molar-refractivity contribution in [2.75, 3.05) is 6.61 Å². The molecule has 22 heavy (non-hydrogen) atoms. The molecule has 0 aliphatic heterocycles. The van der Waals surface area contributed by atoms with Gasteiger partial charge in [-0.25, -0.2) is 9.97 Å². The van der Waals surface area contributed by atoms with Gasteiger partial charge in [0, 0.05) is 18.0 Å². The van der Waals surface area contributed by atoms with Crippen molar-refractivity contribution in [3.8, 4) is 5.75 Å². The van der Waals surface area contributed by atoms with Crippen molar-refractivity contribution < 1.29 is 9.84 Å². The largest absolute Gasteiger partial charge is 0.490 e. The highest BCUT2D eigenvalue weighted by Crippen LogP contribution is 2.39. The first-order chi connectivity index (χ1) is 10.2. The number of hydrogen-bond donors (Lipinski definition) is 1. The van der Waals surface area contributed by atoms with Crippen LogP contribution >= 0.6 is 0 Å². The second-order valence-electron chi connectivity index (χ2n) is 6.80. The highest BCUT2D eigenvalue weighted by atomic mass is 16.5. The molecule has 0 spiro atoms. The molecule has 1 aromatic heterocycles. The lowest BCUT2D eigenvalue weighted by Gasteiger charge is -2.40. The Morgan fingerprint density at radius 2 is 1.82 bits per heavy atom. The Morgan fingerprint density at radius 1 is 1.18 bits per heavy atom. The first-order valence-corrected chi connectivity index (χ1v) is 7.42. The van der Waals surface area contributed by atoms with Crippen molar-refractivity contribution in [2.45, 2.75) is 33.3 Å². The average molecular weight is 298 g/mol. The van der Waals surface area contributed by atoms with Crippen LogP contribution in [0.4, 0.5) is 0 Å². The van der Waals surface area contributed by atoms with Crippen LogP contribution in [-0.4, -0.2) is 29.5 Å². The third-order valence-corrected chi connectivity index (χ3v) is 4.05. The Labute approximate surface area is 133 Å². The van der Waals surface area contributed by atoms with Crippen molar-refractivity contribution in [3.63, 3.8) is 0 Å². The molecule has 0 aliphatic carbocycles. The van der Waals surface area contributed by atoms with Gasteiger partial charge in [0.2, 0.25) is 0 Å². The Hall–Kier alpha value is -1.88. The van der Waals surface area contributed by atoms with Gasteiger partial charge in [0.25, 0.3) is 0 Å². The molecule has 2 rings (SSSR count). The summed E-state index contributed by atoms with van der Waals surface area (Å²) in [6.07, 6.45) is 4.74. The van der Waals surface area contributed by atoms with Gasteiger partial charge >= 0.3 is 0 Å². The summed E-state index contributed by atoms with van der Waals surface area (Å²) in [5.41, 5.74) is 1.31. The lowest BCUT2D eigenvalue weighted by molar-refractivity contribution is -0.0950. The Morgan fingerprint density at radius 3 is 2.36 bits per heavy atom. The van der Waals surface area contributed by atoms with Crippen LogP contribution in [-0.2, 0) is 5.60 Å². The molecule has 1 atom stereocenters. The van der Waals surface area contributed by atoms with Crippen LogP contribution in [0.2, 0.25) is 0 Å². The number of benzene rings is 1. The molecule has 4 nitrogen and oxygen atoms in total. The molecule has 1 heterocycles. The fourth-order valence-corrected chi connectivity index (χ4v) is 2.39. The highest BCUT2D eigenvalue weighted by molar-refractivity contribution is 6.32. The summed E-state index contributed by atoms with van der Waals surface area (Å²) in [4.78, 5) is 8.04. The molecule has 116 valence electrons. The fourth-order valence-electron chi connectivity index (χ4n) is 2.39. The van der Waals surface area contributed by atoms with E-state index in [0.29, 0.717) is 5.56 Å². The highest BCUT2D eigenvalue weighted by Gasteiger charge is 2.43. The lowest BCUT2D eigenvalue weighted by atomic mass is 9.73. The third kappa shape index (κ3) is 3.30. The van der Waals surface area contributed by atoms with E-state index in [1.807, 2.05) is 47.7 Å². The van der Waals surface area contributed by atoms with Gasteiger partial charge in [0.15, 0.2) is 0 Å². The van der Waals surface area contributed by atoms with E-state index in [1.165, 1.54) is 11.8 Å². The van der Waals surface area contributed by atoms with Gasteiger partial charge in [-0.3, -0.25) is 0 Å². The molecule has 1 aromatic carbocycles. The minimum Gasteiger partial charge on any atom is -0.490 e. The van der Waals surface area contributed by atoms with E-state index in [9.17, 15) is 5.11 Å². The van der Waals surface area contributed by atoms with E-state index in [4.69, 9.17) is 4.74 Å². The second-order valence-corrected chi connectivity index (χ2v) is 6.80. The standard InChI is InChI=1S/C17H23BN2O2/c1-12-7-14(18)5-6-15(12)22-10-17(21,16(2,3)4)13-8-19-11-20-9-13/h5-9,11,21H,10,18H2,1-4H3. The summed E-state index contributed by atoms with van der Waals surface area (Å²) >= 11 is 0. The van der Waals surface area contributed by atoms with Crippen LogP contribution in [0, 0.1) is 12.3 Å². The maximum absolute atomic E-state index is 11.2. The normalized spacial score (nSPS) is 14.4. The maximum Gasteiger partial charge on any atom is 0.139 e. The first-order valence-electron chi connectivity index (χ1n) is 7.42. The van der Waals surface area contributed by atoms with Gasteiger partial charge in [0.05, 0.1) is 0 Å². The van der Waals surface area contributed by atoms with E-state index in [-0.39, 0.29) is 6.61 Å². The number of hydrogen-bond acceptors (Lipinski definition) is 4. The van der Waals surface area contributed by atoms with Crippen LogP contribution < -0.4 is 10.2 Å². The SMILES string of the molecule is Bc1ccc(OCC(O)(c2cncnc2)C(C)(C)C)c(C)c1. The molecule has 0 aliphatic rings. The van der Waals surface area contributed by atoms with Gasteiger partial charge < -0.3 is 9.84 Å². The van der Waals surface area contributed by atoms with Crippen LogP contribution in [0.3, 0.4) is 0 Å². The number of nitrogens with zero attached hydrogens (tertiary/aromatic N) is 2. The maximum atomic E-state index is 11.2. The van der Waals surface area contributed by atoms with Crippen molar-refractivity contribution in [1.82, 2.24) is 9.97 Å². The average Bonchev–Trinajstić information content (AvgIpc) is 2.45. The van der Waals surface area contributed by atoms with Crippen LogP contribution in [0.5, 0.6) is 5.75 Å². The molecule has 0 saturated carbocycles. The predicted octanol–water partition coefficient (Wildman–Crippen LogP) is 1.36. The van der Waals surface area contributed by atoms with Gasteiger partial charge in [-0.05, 0) is 24.0 Å². The summed E-state index contributed by atoms with van der Waals surface area (Å²) in [5.74, 6) is 0.783. The molecular formula is C17H23BN2O2. The molecule has 1 unspecified atom stereocenters. The van der Waals surface area contributed by atoms with Gasteiger partial charge in [-0.2, -0.15) is 0 Å². The minimum atomic E-state index is -1.18. The topological polar surface area (TPSA) is 55.2 Å². The Bertz CT molecular complexity index is 641. The van der Waals surface area contributed by atoms with Crippen molar-refractivity contribution in [1.29, 1.82) is 0 Å². The monoisotopic (exact) mass is 298 g/mol. The zero-order valence-electron chi connectivity index (χ0n) is 13.9. The molecule has 5 heteroatoms. The zero-order valence-corrected chi connectivity index (χ0v) is 13.9. The van der Waals surface area contributed by atoms with Gasteiger partial charge in [-0.15, -0.1) is 0 Å². The predicted molar refractivity (Wildman–Crippen MR) is 90.2 cm³/mol. The number of ether oxygens (including phenoxy) is 1. The molecule has 2 aromatic rings. The number of rotatable bonds is 4. The molecule has 0 radical (unpaired) electrons. The summed E-state index contributed by atoms with van der Waals surface area (Å²) in [6.45, 7) is 8.08. The van der Waals surface area contributed by atoms with E-state index < -0.39 is 11.0 Å². The Balaban J connectivity index is 2.29. The van der Waals surface area contributed by atoms with E-state index in [2.05, 4.69) is 16.0 Å². The number of aryl methyl sites for hydroxylation is 1. The van der Waals surface area contributed by atoms with Crippen molar-refractivity contribution in [2.24, 2.45) is 5.41 Å². The lowest BCUT2D eigenvalue weighted by Crippen LogP contribution is -2.45. The molecule has 1 N–H and O–H groups in total. The van der Waals surface area contributed by atoms with E-state index in [1.54, 1.807) is 12.4 Å². The molecule has 0 amide bonds. The van der Waals surface area contributed by atoms with Crippen LogP contribution in [0.1, 0.15) is 31.9 Å². The fraction of sp³-hybridized carbons (Fsp3) is 0.412. The summed E-state index contributed by atoms with van der Waals surface area (Å²) in [5, 5.41) is 11.2. The zero-order chi connectivity index (χ0) is 16.4. The molecular weight excluding hydrogens is 275 g/mol. The summed E-state index contributed by atoms with van der Waals surface area (Å²) in [7, 11) is 2.05. The van der Waals surface area contributed by atoms with Gasteiger partial charge in [-0.1, -0.05) is 38.4 Å². The Kier molecular flexibility index (Phi) is 4.56. The quantitative estimate of drug-likeness (QED) is 0.866. The molecule has 0 fully saturated rings. The van der Waals surface area contributed by atoms with Gasteiger partial charge in [0.1, 0.15) is 32.1 Å². The van der Waals surface area contributed by atoms with E-state index >= 15 is 0 Å². The third-order valence-electron chi connectivity index (χ3n) is 4.05. The molecule has 0 bridgehead atoms. The molecule has 0 saturated heterocycles. The van der Waals surface area contributed by atoms with Crippen LogP contribution in [0.25, 0.3) is 0 Å². The first kappa shape index (κ1) is 16.5. The van der Waals surface area contributed by atoms with E-state index in [0.717, 1.165) is 11.3 Å². The van der Waals surface area contributed by atoms with Crippen molar-refractivity contribution in [3.05, 3.63) is 48.0 Å². The smallest absolute Gasteiger partial charge is 0.139 e. The summed E-state index contributed by atoms with van der Waals surface area (Å²) in [6, 6.07) is 6.01.